The topological polar surface area (TPSA) is 86.8 Å². The van der Waals surface area contributed by atoms with Gasteiger partial charge in [0.15, 0.2) is 0 Å². The van der Waals surface area contributed by atoms with Gasteiger partial charge in [-0.1, -0.05) is 60.9 Å². The van der Waals surface area contributed by atoms with Crippen LogP contribution in [0, 0.1) is 13.8 Å². The molecule has 8 heteroatoms. The number of carbonyl (C=O) groups is 2. The molecule has 1 aliphatic carbocycles. The van der Waals surface area contributed by atoms with Gasteiger partial charge in [-0.3, -0.25) is 13.9 Å². The van der Waals surface area contributed by atoms with Crippen LogP contribution in [0.4, 0.5) is 5.69 Å². The molecule has 1 aliphatic rings. The third-order valence-electron chi connectivity index (χ3n) is 6.84. The number of hydrogen-bond acceptors (Lipinski definition) is 4. The Kier molecular flexibility index (Phi) is 9.54. The van der Waals surface area contributed by atoms with E-state index in [1.54, 1.807) is 24.0 Å². The van der Waals surface area contributed by atoms with E-state index < -0.39 is 16.1 Å². The molecule has 0 unspecified atom stereocenters. The molecule has 7 nitrogen and oxygen atoms in total. The fraction of sp³-hybridized carbons (Fsp3) is 0.500. The van der Waals surface area contributed by atoms with Gasteiger partial charge in [0, 0.05) is 25.6 Å². The fourth-order valence-electron chi connectivity index (χ4n) is 4.81. The zero-order valence-electron chi connectivity index (χ0n) is 21.9. The van der Waals surface area contributed by atoms with Crippen LogP contribution < -0.4 is 9.62 Å². The minimum atomic E-state index is -3.51. The van der Waals surface area contributed by atoms with Gasteiger partial charge in [0.05, 0.1) is 11.9 Å². The number of benzene rings is 2. The first-order chi connectivity index (χ1) is 17.1. The summed E-state index contributed by atoms with van der Waals surface area (Å²) < 4.78 is 26.4. The number of amides is 2. The van der Waals surface area contributed by atoms with Crippen LogP contribution in [0.15, 0.2) is 48.5 Å². The van der Waals surface area contributed by atoms with Crippen molar-refractivity contribution in [3.63, 3.8) is 0 Å². The van der Waals surface area contributed by atoms with Crippen LogP contribution >= 0.6 is 0 Å². The first-order valence-electron chi connectivity index (χ1n) is 12.7. The standard InChI is InChI=1S/C28H39N3O4S/c1-21-11-9-13-24(19-21)20-30(23(3)28(33)29-25-14-6-7-15-25)27(32)17-10-18-31(36(4,34)35)26-16-8-5-12-22(26)2/h5,8-9,11-13,16,19,23,25H,6-7,10,14-15,17-18,20H2,1-4H3,(H,29,33)/t23-/m0/s1. The van der Waals surface area contributed by atoms with Crippen molar-refractivity contribution in [3.8, 4) is 0 Å². The highest BCUT2D eigenvalue weighted by Crippen LogP contribution is 2.23. The molecule has 3 rings (SSSR count). The van der Waals surface area contributed by atoms with Gasteiger partial charge in [-0.2, -0.15) is 0 Å². The maximum atomic E-state index is 13.4. The van der Waals surface area contributed by atoms with E-state index in [-0.39, 0.29) is 30.8 Å². The summed E-state index contributed by atoms with van der Waals surface area (Å²) in [6.07, 6.45) is 5.86. The third kappa shape index (κ3) is 7.56. The average Bonchev–Trinajstić information content (AvgIpc) is 3.33. The smallest absolute Gasteiger partial charge is 0.242 e. The summed E-state index contributed by atoms with van der Waals surface area (Å²) in [5, 5.41) is 3.11. The van der Waals surface area contributed by atoms with Gasteiger partial charge in [0.2, 0.25) is 21.8 Å². The molecule has 0 heterocycles. The lowest BCUT2D eigenvalue weighted by molar-refractivity contribution is -0.141. The first kappa shape index (κ1) is 27.7. The number of hydrogen-bond donors (Lipinski definition) is 1. The summed E-state index contributed by atoms with van der Waals surface area (Å²) in [5.74, 6) is -0.301. The molecule has 1 atom stereocenters. The van der Waals surface area contributed by atoms with E-state index >= 15 is 0 Å². The van der Waals surface area contributed by atoms with Crippen LogP contribution in [0.5, 0.6) is 0 Å². The lowest BCUT2D eigenvalue weighted by atomic mass is 10.1. The van der Waals surface area contributed by atoms with Gasteiger partial charge < -0.3 is 10.2 Å². The molecule has 0 spiro atoms. The Morgan fingerprint density at radius 2 is 1.75 bits per heavy atom. The molecule has 2 aromatic rings. The van der Waals surface area contributed by atoms with Crippen LogP contribution in [0.25, 0.3) is 0 Å². The monoisotopic (exact) mass is 513 g/mol. The molecule has 0 bridgehead atoms. The number of para-hydroxylation sites is 1. The van der Waals surface area contributed by atoms with Crippen molar-refractivity contribution in [2.45, 2.75) is 77.9 Å². The second-order valence-electron chi connectivity index (χ2n) is 9.90. The number of nitrogens with one attached hydrogen (secondary N) is 1. The van der Waals surface area contributed by atoms with E-state index in [1.807, 2.05) is 50.2 Å². The molecule has 36 heavy (non-hydrogen) atoms. The summed E-state index contributed by atoms with van der Waals surface area (Å²) in [4.78, 5) is 28.1. The van der Waals surface area contributed by atoms with Gasteiger partial charge in [0.1, 0.15) is 6.04 Å². The fourth-order valence-corrected chi connectivity index (χ4v) is 5.83. The molecule has 0 aliphatic heterocycles. The summed E-state index contributed by atoms with van der Waals surface area (Å²) in [6.45, 7) is 6.15. The molecule has 1 N–H and O–H groups in total. The minimum absolute atomic E-state index is 0.138. The maximum Gasteiger partial charge on any atom is 0.242 e. The Morgan fingerprint density at radius 1 is 1.06 bits per heavy atom. The third-order valence-corrected chi connectivity index (χ3v) is 8.02. The van der Waals surface area contributed by atoms with Crippen LogP contribution in [-0.2, 0) is 26.2 Å². The Bertz CT molecular complexity index is 1160. The van der Waals surface area contributed by atoms with Crippen molar-refractivity contribution >= 4 is 27.5 Å². The molecular formula is C28H39N3O4S. The molecule has 0 saturated heterocycles. The zero-order valence-corrected chi connectivity index (χ0v) is 22.7. The number of rotatable bonds is 11. The molecular weight excluding hydrogens is 474 g/mol. The summed E-state index contributed by atoms with van der Waals surface area (Å²) >= 11 is 0. The van der Waals surface area contributed by atoms with Crippen molar-refractivity contribution < 1.29 is 18.0 Å². The molecule has 1 saturated carbocycles. The highest BCUT2D eigenvalue weighted by molar-refractivity contribution is 7.92. The van der Waals surface area contributed by atoms with Gasteiger partial charge in [-0.15, -0.1) is 0 Å². The van der Waals surface area contributed by atoms with Crippen LogP contribution in [-0.4, -0.2) is 50.0 Å². The number of aryl methyl sites for hydroxylation is 2. The molecule has 0 aromatic heterocycles. The lowest BCUT2D eigenvalue weighted by Gasteiger charge is -2.30. The summed E-state index contributed by atoms with van der Waals surface area (Å²) in [5.41, 5.74) is 3.52. The van der Waals surface area contributed by atoms with Gasteiger partial charge in [0.25, 0.3) is 0 Å². The molecule has 2 aromatic carbocycles. The maximum absolute atomic E-state index is 13.4. The highest BCUT2D eigenvalue weighted by Gasteiger charge is 2.29. The Balaban J connectivity index is 1.72. The number of sulfonamides is 1. The van der Waals surface area contributed by atoms with Crippen LogP contribution in [0.2, 0.25) is 0 Å². The second kappa shape index (κ2) is 12.4. The predicted octanol–water partition coefficient (Wildman–Crippen LogP) is 4.33. The van der Waals surface area contributed by atoms with E-state index in [1.165, 1.54) is 10.6 Å². The van der Waals surface area contributed by atoms with Gasteiger partial charge in [-0.25, -0.2) is 8.42 Å². The lowest BCUT2D eigenvalue weighted by Crippen LogP contribution is -2.49. The normalized spacial score (nSPS) is 14.9. The van der Waals surface area contributed by atoms with E-state index in [2.05, 4.69) is 5.32 Å². The highest BCUT2D eigenvalue weighted by atomic mass is 32.2. The number of carbonyl (C=O) groups excluding carboxylic acids is 2. The molecule has 196 valence electrons. The second-order valence-corrected chi connectivity index (χ2v) is 11.8. The minimum Gasteiger partial charge on any atom is -0.352 e. The van der Waals surface area contributed by atoms with E-state index in [4.69, 9.17) is 0 Å². The van der Waals surface area contributed by atoms with Crippen LogP contribution in [0.1, 0.15) is 62.1 Å². The number of anilines is 1. The predicted molar refractivity (Wildman–Crippen MR) is 144 cm³/mol. The zero-order chi connectivity index (χ0) is 26.3. The molecule has 0 radical (unpaired) electrons. The molecule has 1 fully saturated rings. The Labute approximate surface area is 215 Å². The van der Waals surface area contributed by atoms with E-state index in [0.717, 1.165) is 42.4 Å². The Hall–Kier alpha value is -2.87. The van der Waals surface area contributed by atoms with E-state index in [9.17, 15) is 18.0 Å². The summed E-state index contributed by atoms with van der Waals surface area (Å²) in [7, 11) is -3.51. The first-order valence-corrected chi connectivity index (χ1v) is 14.6. The Morgan fingerprint density at radius 3 is 2.39 bits per heavy atom. The number of nitrogens with zero attached hydrogens (tertiary/aromatic N) is 2. The largest absolute Gasteiger partial charge is 0.352 e. The van der Waals surface area contributed by atoms with Crippen molar-refractivity contribution in [3.05, 3.63) is 65.2 Å². The summed E-state index contributed by atoms with van der Waals surface area (Å²) in [6, 6.07) is 14.8. The molecule has 2 amide bonds. The van der Waals surface area contributed by atoms with Crippen molar-refractivity contribution in [1.29, 1.82) is 0 Å². The van der Waals surface area contributed by atoms with Crippen molar-refractivity contribution in [2.75, 3.05) is 17.1 Å². The van der Waals surface area contributed by atoms with Gasteiger partial charge in [-0.05, 0) is 57.2 Å². The van der Waals surface area contributed by atoms with E-state index in [0.29, 0.717) is 18.7 Å². The quantitative estimate of drug-likeness (QED) is 0.485. The average molecular weight is 514 g/mol. The van der Waals surface area contributed by atoms with Crippen molar-refractivity contribution in [1.82, 2.24) is 10.2 Å². The van der Waals surface area contributed by atoms with Crippen molar-refractivity contribution in [2.24, 2.45) is 0 Å². The SMILES string of the molecule is Cc1cccc(CN(C(=O)CCCN(c2ccccc2C)S(C)(=O)=O)[C@@H](C)C(=O)NC2CCCC2)c1. The van der Waals surface area contributed by atoms with Crippen LogP contribution in [0.3, 0.4) is 0 Å². The van der Waals surface area contributed by atoms with Gasteiger partial charge >= 0.3 is 0 Å².